The lowest BCUT2D eigenvalue weighted by Gasteiger charge is -2.19. The first-order chi connectivity index (χ1) is 13.5. The van der Waals surface area contributed by atoms with Crippen LogP contribution in [0, 0.1) is 19.3 Å². The second kappa shape index (κ2) is 7.05. The predicted octanol–water partition coefficient (Wildman–Crippen LogP) is 4.16. The fourth-order valence-corrected chi connectivity index (χ4v) is 3.06. The molecule has 0 unspecified atom stereocenters. The van der Waals surface area contributed by atoms with E-state index in [9.17, 15) is 0 Å². The third-order valence-electron chi connectivity index (χ3n) is 4.77. The number of benzene rings is 2. The van der Waals surface area contributed by atoms with Crippen molar-refractivity contribution in [2.24, 2.45) is 7.05 Å². The third kappa shape index (κ3) is 3.26. The van der Waals surface area contributed by atoms with Crippen molar-refractivity contribution >= 4 is 34.0 Å². The van der Waals surface area contributed by atoms with Crippen LogP contribution in [0.2, 0.25) is 0 Å². The van der Waals surface area contributed by atoms with E-state index in [1.54, 1.807) is 6.20 Å². The molecule has 6 heteroatoms. The molecule has 0 atom stereocenters. The molecule has 0 saturated carbocycles. The van der Waals surface area contributed by atoms with Crippen molar-refractivity contribution in [1.29, 1.82) is 0 Å². The van der Waals surface area contributed by atoms with Crippen molar-refractivity contribution in [1.82, 2.24) is 19.7 Å². The summed E-state index contributed by atoms with van der Waals surface area (Å²) in [6.07, 6.45) is 7.21. The molecule has 0 spiro atoms. The summed E-state index contributed by atoms with van der Waals surface area (Å²) < 4.78 is 1.89. The van der Waals surface area contributed by atoms with Gasteiger partial charge in [0.15, 0.2) is 0 Å². The summed E-state index contributed by atoms with van der Waals surface area (Å²) in [5, 5.41) is 8.85. The number of terminal acetylenes is 1. The van der Waals surface area contributed by atoms with E-state index in [1.807, 2.05) is 66.1 Å². The predicted molar refractivity (Wildman–Crippen MR) is 113 cm³/mol. The van der Waals surface area contributed by atoms with Crippen LogP contribution in [0.1, 0.15) is 11.3 Å². The summed E-state index contributed by atoms with van der Waals surface area (Å²) >= 11 is 0. The monoisotopic (exact) mass is 368 g/mol. The van der Waals surface area contributed by atoms with Crippen LogP contribution < -0.4 is 10.2 Å². The molecule has 0 amide bonds. The molecule has 0 radical (unpaired) electrons. The zero-order valence-corrected chi connectivity index (χ0v) is 16.0. The van der Waals surface area contributed by atoms with Crippen LogP contribution in [0.3, 0.4) is 0 Å². The lowest BCUT2D eigenvalue weighted by atomic mass is 10.2. The number of aryl methyl sites for hydroxylation is 2. The Labute approximate surface area is 163 Å². The lowest BCUT2D eigenvalue weighted by Crippen LogP contribution is -2.12. The minimum absolute atomic E-state index is 0.511. The molecular weight excluding hydrogens is 348 g/mol. The Bertz CT molecular complexity index is 1200. The number of nitrogens with zero attached hydrogens (tertiary/aromatic N) is 5. The molecule has 4 aromatic rings. The molecule has 2 aromatic heterocycles. The van der Waals surface area contributed by atoms with Crippen molar-refractivity contribution in [3.63, 3.8) is 0 Å². The van der Waals surface area contributed by atoms with E-state index >= 15 is 0 Å². The van der Waals surface area contributed by atoms with Gasteiger partial charge >= 0.3 is 0 Å². The van der Waals surface area contributed by atoms with Gasteiger partial charge in [0.2, 0.25) is 5.95 Å². The largest absolute Gasteiger partial charge is 0.329 e. The molecule has 28 heavy (non-hydrogen) atoms. The fourth-order valence-electron chi connectivity index (χ4n) is 3.06. The van der Waals surface area contributed by atoms with E-state index in [2.05, 4.69) is 39.3 Å². The topological polar surface area (TPSA) is 58.9 Å². The maximum atomic E-state index is 5.47. The minimum atomic E-state index is 0.511. The molecule has 138 valence electrons. The second-order valence-corrected chi connectivity index (χ2v) is 6.56. The van der Waals surface area contributed by atoms with Crippen molar-refractivity contribution in [3.8, 4) is 12.3 Å². The highest BCUT2D eigenvalue weighted by Crippen LogP contribution is 2.28. The van der Waals surface area contributed by atoms with Crippen LogP contribution in [0.25, 0.3) is 10.9 Å². The van der Waals surface area contributed by atoms with E-state index in [0.717, 1.165) is 39.4 Å². The SMILES string of the molecule is C#Cc1cccc(Nc2nccc(N(C)c3ccc4nn(C)c(C)c4c3)n2)c1. The maximum Gasteiger partial charge on any atom is 0.229 e. The second-order valence-electron chi connectivity index (χ2n) is 6.56. The molecule has 4 rings (SSSR count). The highest BCUT2D eigenvalue weighted by Gasteiger charge is 2.11. The molecule has 0 bridgehead atoms. The van der Waals surface area contributed by atoms with Gasteiger partial charge in [-0.15, -0.1) is 6.42 Å². The Morgan fingerprint density at radius 3 is 2.82 bits per heavy atom. The molecule has 2 heterocycles. The molecule has 0 aliphatic rings. The zero-order valence-electron chi connectivity index (χ0n) is 16.0. The van der Waals surface area contributed by atoms with Crippen molar-refractivity contribution < 1.29 is 0 Å². The van der Waals surface area contributed by atoms with E-state index in [4.69, 9.17) is 6.42 Å². The van der Waals surface area contributed by atoms with Gasteiger partial charge in [0, 0.05) is 48.3 Å². The number of hydrogen-bond acceptors (Lipinski definition) is 5. The molecule has 0 saturated heterocycles. The van der Waals surface area contributed by atoms with Crippen LogP contribution in [-0.2, 0) is 7.05 Å². The number of nitrogens with one attached hydrogen (secondary N) is 1. The summed E-state index contributed by atoms with van der Waals surface area (Å²) in [7, 11) is 3.94. The van der Waals surface area contributed by atoms with Crippen LogP contribution in [0.5, 0.6) is 0 Å². The first-order valence-electron chi connectivity index (χ1n) is 8.89. The van der Waals surface area contributed by atoms with Crippen molar-refractivity contribution in [3.05, 3.63) is 66.0 Å². The molecule has 1 N–H and O–H groups in total. The van der Waals surface area contributed by atoms with E-state index in [0.29, 0.717) is 5.95 Å². The van der Waals surface area contributed by atoms with Crippen molar-refractivity contribution in [2.75, 3.05) is 17.3 Å². The summed E-state index contributed by atoms with van der Waals surface area (Å²) in [4.78, 5) is 11.0. The van der Waals surface area contributed by atoms with Crippen LogP contribution >= 0.6 is 0 Å². The number of fused-ring (bicyclic) bond motifs is 1. The first kappa shape index (κ1) is 17.6. The van der Waals surface area contributed by atoms with Gasteiger partial charge in [-0.1, -0.05) is 12.0 Å². The third-order valence-corrected chi connectivity index (χ3v) is 4.77. The van der Waals surface area contributed by atoms with Crippen LogP contribution in [0.4, 0.5) is 23.1 Å². The molecule has 0 fully saturated rings. The Kier molecular flexibility index (Phi) is 4.42. The van der Waals surface area contributed by atoms with Crippen LogP contribution in [0.15, 0.2) is 54.7 Å². The first-order valence-corrected chi connectivity index (χ1v) is 8.89. The van der Waals surface area contributed by atoms with Gasteiger partial charge in [-0.2, -0.15) is 10.1 Å². The molecule has 0 aliphatic heterocycles. The highest BCUT2D eigenvalue weighted by atomic mass is 15.3. The average Bonchev–Trinajstić information content (AvgIpc) is 3.01. The van der Waals surface area contributed by atoms with Gasteiger partial charge in [-0.3, -0.25) is 4.68 Å². The number of aromatic nitrogens is 4. The Balaban J connectivity index is 1.63. The Hall–Kier alpha value is -3.85. The maximum absolute atomic E-state index is 5.47. The molecule has 0 aliphatic carbocycles. The van der Waals surface area contributed by atoms with E-state index in [1.165, 1.54) is 0 Å². The van der Waals surface area contributed by atoms with Gasteiger partial charge in [0.05, 0.1) is 5.52 Å². The number of hydrogen-bond donors (Lipinski definition) is 1. The molecule has 2 aromatic carbocycles. The fraction of sp³-hybridized carbons (Fsp3) is 0.136. The number of anilines is 4. The van der Waals surface area contributed by atoms with Crippen LogP contribution in [-0.4, -0.2) is 26.8 Å². The molecular formula is C22H20N6. The summed E-state index contributed by atoms with van der Waals surface area (Å²) in [6.45, 7) is 2.07. The highest BCUT2D eigenvalue weighted by molar-refractivity contribution is 5.86. The normalized spacial score (nSPS) is 10.6. The smallest absolute Gasteiger partial charge is 0.229 e. The minimum Gasteiger partial charge on any atom is -0.329 e. The summed E-state index contributed by atoms with van der Waals surface area (Å²) in [5.41, 5.74) is 4.79. The van der Waals surface area contributed by atoms with Gasteiger partial charge in [-0.05, 0) is 49.4 Å². The summed E-state index contributed by atoms with van der Waals surface area (Å²) in [5.74, 6) is 3.92. The van der Waals surface area contributed by atoms with E-state index < -0.39 is 0 Å². The standard InChI is InChI=1S/C22H20N6/c1-5-16-7-6-8-17(13-16)24-22-23-12-11-21(25-22)27(3)18-9-10-20-19(14-18)15(2)28(4)26-20/h1,6-14H,2-4H3,(H,23,24,25). The average molecular weight is 368 g/mol. The zero-order chi connectivity index (χ0) is 19.7. The molecule has 6 nitrogen and oxygen atoms in total. The van der Waals surface area contributed by atoms with Crippen molar-refractivity contribution in [2.45, 2.75) is 6.92 Å². The van der Waals surface area contributed by atoms with Gasteiger partial charge in [0.25, 0.3) is 0 Å². The Morgan fingerprint density at radius 1 is 1.14 bits per heavy atom. The van der Waals surface area contributed by atoms with Gasteiger partial charge in [0.1, 0.15) is 5.82 Å². The summed E-state index contributed by atoms with van der Waals surface area (Å²) in [6, 6.07) is 15.7. The Morgan fingerprint density at radius 2 is 2.00 bits per heavy atom. The van der Waals surface area contributed by atoms with Gasteiger partial charge < -0.3 is 10.2 Å². The number of rotatable bonds is 4. The lowest BCUT2D eigenvalue weighted by molar-refractivity contribution is 0.751. The van der Waals surface area contributed by atoms with E-state index in [-0.39, 0.29) is 0 Å². The quantitative estimate of drug-likeness (QED) is 0.548. The van der Waals surface area contributed by atoms with Gasteiger partial charge in [-0.25, -0.2) is 4.98 Å².